The van der Waals surface area contributed by atoms with Crippen molar-refractivity contribution in [1.29, 1.82) is 0 Å². The van der Waals surface area contributed by atoms with Gasteiger partial charge in [0.05, 0.1) is 12.2 Å². The molecule has 0 spiro atoms. The van der Waals surface area contributed by atoms with E-state index in [0.29, 0.717) is 0 Å². The molecule has 3 heterocycles. The van der Waals surface area contributed by atoms with E-state index < -0.39 is 0 Å². The number of hydrogen-bond donors (Lipinski definition) is 1. The van der Waals surface area contributed by atoms with Crippen LogP contribution in [0, 0.1) is 6.92 Å². The Bertz CT molecular complexity index is 1350. The van der Waals surface area contributed by atoms with Crippen molar-refractivity contribution in [3.05, 3.63) is 83.0 Å². The zero-order valence-electron chi connectivity index (χ0n) is 21.4. The first kappa shape index (κ1) is 24.3. The van der Waals surface area contributed by atoms with Gasteiger partial charge in [-0.25, -0.2) is 0 Å². The molecule has 5 rings (SSSR count). The summed E-state index contributed by atoms with van der Waals surface area (Å²) in [7, 11) is 4.08. The second-order valence-corrected chi connectivity index (χ2v) is 10.7. The number of carbonyl (C=O) groups excluding carboxylic acids is 1. The molecule has 7 heteroatoms. The van der Waals surface area contributed by atoms with E-state index in [9.17, 15) is 4.79 Å². The number of nitrogens with zero attached hydrogens (tertiary/aromatic N) is 4. The van der Waals surface area contributed by atoms with Crippen molar-refractivity contribution in [1.82, 2.24) is 20.0 Å². The molecule has 1 saturated heterocycles. The van der Waals surface area contributed by atoms with Gasteiger partial charge in [0.2, 0.25) is 0 Å². The van der Waals surface area contributed by atoms with Crippen LogP contribution in [0.5, 0.6) is 0 Å². The molecule has 4 aromatic rings. The maximum absolute atomic E-state index is 13.5. The Balaban J connectivity index is 1.41. The number of nitrogens with one attached hydrogen (secondary N) is 1. The molecule has 1 fully saturated rings. The molecule has 2 aromatic heterocycles. The molecule has 0 unspecified atom stereocenters. The predicted molar refractivity (Wildman–Crippen MR) is 149 cm³/mol. The van der Waals surface area contributed by atoms with Crippen molar-refractivity contribution in [2.45, 2.75) is 19.9 Å². The van der Waals surface area contributed by atoms with Gasteiger partial charge < -0.3 is 15.1 Å². The molecule has 1 aliphatic rings. The molecule has 1 aliphatic heterocycles. The predicted octanol–water partition coefficient (Wildman–Crippen LogP) is 5.37. The normalized spacial score (nSPS) is 15.2. The SMILES string of the molecule is Cc1ccc(N2CCN(C)CC2)cc1C(=O)N[C@H](C)c1cc(-c2cnn(C)c2)cc(-c2cccs2)c1. The maximum Gasteiger partial charge on any atom is 0.252 e. The van der Waals surface area contributed by atoms with Crippen LogP contribution in [0.1, 0.15) is 34.5 Å². The van der Waals surface area contributed by atoms with E-state index in [0.717, 1.165) is 65.2 Å². The first-order valence-electron chi connectivity index (χ1n) is 12.4. The molecule has 1 amide bonds. The average Bonchev–Trinajstić information content (AvgIpc) is 3.57. The minimum atomic E-state index is -0.153. The Labute approximate surface area is 217 Å². The molecule has 186 valence electrons. The number of aryl methyl sites for hydroxylation is 2. The zero-order chi connectivity index (χ0) is 25.2. The van der Waals surface area contributed by atoms with Gasteiger partial charge >= 0.3 is 0 Å². The zero-order valence-corrected chi connectivity index (χ0v) is 22.2. The molecule has 0 bridgehead atoms. The number of piperazine rings is 1. The number of hydrogen-bond acceptors (Lipinski definition) is 5. The third kappa shape index (κ3) is 5.22. The number of aromatic nitrogens is 2. The van der Waals surface area contributed by atoms with Crippen LogP contribution < -0.4 is 10.2 Å². The summed E-state index contributed by atoms with van der Waals surface area (Å²) in [6, 6.07) is 16.8. The Morgan fingerprint density at radius 2 is 1.78 bits per heavy atom. The summed E-state index contributed by atoms with van der Waals surface area (Å²) in [5.41, 5.74) is 7.22. The summed E-state index contributed by atoms with van der Waals surface area (Å²) >= 11 is 1.72. The van der Waals surface area contributed by atoms with Gasteiger partial charge in [0.1, 0.15) is 0 Å². The van der Waals surface area contributed by atoms with E-state index in [4.69, 9.17) is 0 Å². The van der Waals surface area contributed by atoms with E-state index in [2.05, 4.69) is 82.0 Å². The lowest BCUT2D eigenvalue weighted by molar-refractivity contribution is 0.0939. The molecule has 2 aromatic carbocycles. The molecular formula is C29H33N5OS. The highest BCUT2D eigenvalue weighted by atomic mass is 32.1. The van der Waals surface area contributed by atoms with Gasteiger partial charge in [0.15, 0.2) is 0 Å². The van der Waals surface area contributed by atoms with Gasteiger partial charge in [-0.05, 0) is 84.9 Å². The van der Waals surface area contributed by atoms with Gasteiger partial charge in [-0.3, -0.25) is 9.48 Å². The topological polar surface area (TPSA) is 53.4 Å². The van der Waals surface area contributed by atoms with Gasteiger partial charge in [-0.15, -0.1) is 11.3 Å². The first-order valence-corrected chi connectivity index (χ1v) is 13.3. The van der Waals surface area contributed by atoms with E-state index in [-0.39, 0.29) is 11.9 Å². The van der Waals surface area contributed by atoms with E-state index in [1.807, 2.05) is 37.1 Å². The standard InChI is InChI=1S/C29H33N5OS/c1-20-7-8-26(34-11-9-32(3)10-12-34)17-27(20)29(35)31-21(2)22-14-23(25-18-30-33(4)19-25)16-24(15-22)28-6-5-13-36-28/h5-8,13-19,21H,9-12H2,1-4H3,(H,31,35)/t21-/m1/s1. The quantitative estimate of drug-likeness (QED) is 0.388. The fourth-order valence-corrected chi connectivity index (χ4v) is 5.41. The number of rotatable bonds is 6. The highest BCUT2D eigenvalue weighted by molar-refractivity contribution is 7.13. The summed E-state index contributed by atoms with van der Waals surface area (Å²) in [6.45, 7) is 8.08. The van der Waals surface area contributed by atoms with Crippen LogP contribution in [0.25, 0.3) is 21.6 Å². The number of anilines is 1. The number of likely N-dealkylation sites (N-methyl/N-ethyl adjacent to an activating group) is 1. The minimum absolute atomic E-state index is 0.0413. The number of thiophene rings is 1. The number of carbonyl (C=O) groups is 1. The van der Waals surface area contributed by atoms with Crippen molar-refractivity contribution in [2.24, 2.45) is 7.05 Å². The average molecular weight is 500 g/mol. The summed E-state index contributed by atoms with van der Waals surface area (Å²) in [4.78, 5) is 19.4. The van der Waals surface area contributed by atoms with Crippen LogP contribution in [0.2, 0.25) is 0 Å². The highest BCUT2D eigenvalue weighted by Gasteiger charge is 2.19. The van der Waals surface area contributed by atoms with Crippen molar-refractivity contribution in [3.63, 3.8) is 0 Å². The number of benzene rings is 2. The van der Waals surface area contributed by atoms with E-state index >= 15 is 0 Å². The Kier molecular flexibility index (Phi) is 6.94. The van der Waals surface area contributed by atoms with Crippen molar-refractivity contribution in [2.75, 3.05) is 38.1 Å². The van der Waals surface area contributed by atoms with Crippen LogP contribution in [0.15, 0.2) is 66.3 Å². The van der Waals surface area contributed by atoms with Crippen LogP contribution >= 0.6 is 11.3 Å². The highest BCUT2D eigenvalue weighted by Crippen LogP contribution is 2.33. The minimum Gasteiger partial charge on any atom is -0.369 e. The van der Waals surface area contributed by atoms with Crippen LogP contribution in [0.4, 0.5) is 5.69 Å². The second-order valence-electron chi connectivity index (χ2n) is 9.71. The van der Waals surface area contributed by atoms with E-state index in [1.54, 1.807) is 11.3 Å². The Hall–Kier alpha value is -3.42. The third-order valence-electron chi connectivity index (χ3n) is 6.98. The smallest absolute Gasteiger partial charge is 0.252 e. The first-order chi connectivity index (χ1) is 17.4. The molecule has 36 heavy (non-hydrogen) atoms. The second kappa shape index (κ2) is 10.3. The molecule has 1 N–H and O–H groups in total. The fraction of sp³-hybridized carbons (Fsp3) is 0.310. The summed E-state index contributed by atoms with van der Waals surface area (Å²) in [6.07, 6.45) is 3.90. The largest absolute Gasteiger partial charge is 0.369 e. The Morgan fingerprint density at radius 1 is 1.00 bits per heavy atom. The summed E-state index contributed by atoms with van der Waals surface area (Å²) < 4.78 is 1.81. The maximum atomic E-state index is 13.5. The summed E-state index contributed by atoms with van der Waals surface area (Å²) in [5, 5.41) is 9.71. The van der Waals surface area contributed by atoms with Crippen LogP contribution in [-0.2, 0) is 7.05 Å². The van der Waals surface area contributed by atoms with Crippen molar-refractivity contribution in [3.8, 4) is 21.6 Å². The lowest BCUT2D eigenvalue weighted by Crippen LogP contribution is -2.44. The van der Waals surface area contributed by atoms with E-state index in [1.165, 1.54) is 4.88 Å². The summed E-state index contributed by atoms with van der Waals surface area (Å²) in [5.74, 6) is -0.0413. The molecule has 1 atom stereocenters. The lowest BCUT2D eigenvalue weighted by Gasteiger charge is -2.34. The molecular weight excluding hydrogens is 466 g/mol. The van der Waals surface area contributed by atoms with Gasteiger partial charge in [-0.2, -0.15) is 5.10 Å². The Morgan fingerprint density at radius 3 is 2.47 bits per heavy atom. The van der Waals surface area contributed by atoms with Crippen molar-refractivity contribution >= 4 is 22.9 Å². The molecule has 6 nitrogen and oxygen atoms in total. The van der Waals surface area contributed by atoms with Crippen LogP contribution in [-0.4, -0.2) is 53.8 Å². The third-order valence-corrected chi connectivity index (χ3v) is 7.90. The molecule has 0 aliphatic carbocycles. The van der Waals surface area contributed by atoms with Gasteiger partial charge in [0, 0.05) is 61.1 Å². The molecule has 0 radical (unpaired) electrons. The number of amides is 1. The lowest BCUT2D eigenvalue weighted by atomic mass is 9.97. The van der Waals surface area contributed by atoms with Crippen molar-refractivity contribution < 1.29 is 4.79 Å². The van der Waals surface area contributed by atoms with Gasteiger partial charge in [0.25, 0.3) is 5.91 Å². The van der Waals surface area contributed by atoms with Crippen LogP contribution in [0.3, 0.4) is 0 Å². The monoisotopic (exact) mass is 499 g/mol. The fourth-order valence-electron chi connectivity index (χ4n) is 4.70. The molecule has 0 saturated carbocycles. The van der Waals surface area contributed by atoms with Gasteiger partial charge in [-0.1, -0.05) is 12.1 Å².